The summed E-state index contributed by atoms with van der Waals surface area (Å²) in [5, 5.41) is 3.36. The van der Waals surface area contributed by atoms with Crippen LogP contribution in [0.5, 0.6) is 5.75 Å². The monoisotopic (exact) mass is 248 g/mol. The Kier molecular flexibility index (Phi) is 4.61. The third-order valence-electron chi connectivity index (χ3n) is 3.81. The lowest BCUT2D eigenvalue weighted by atomic mass is 10.0. The van der Waals surface area contributed by atoms with Crippen molar-refractivity contribution in [3.8, 4) is 5.75 Å². The van der Waals surface area contributed by atoms with Gasteiger partial charge in [-0.3, -0.25) is 4.90 Å². The molecule has 1 unspecified atom stereocenters. The van der Waals surface area contributed by atoms with Crippen LogP contribution >= 0.6 is 0 Å². The van der Waals surface area contributed by atoms with E-state index in [4.69, 9.17) is 4.74 Å². The van der Waals surface area contributed by atoms with E-state index >= 15 is 0 Å². The fourth-order valence-electron chi connectivity index (χ4n) is 2.53. The summed E-state index contributed by atoms with van der Waals surface area (Å²) >= 11 is 0. The first-order valence-electron chi connectivity index (χ1n) is 6.86. The van der Waals surface area contributed by atoms with E-state index in [0.717, 1.165) is 18.8 Å². The molecule has 0 bridgehead atoms. The largest absolute Gasteiger partial charge is 0.497 e. The van der Waals surface area contributed by atoms with Gasteiger partial charge in [-0.25, -0.2) is 0 Å². The molecule has 1 aromatic rings. The average Bonchev–Trinajstić information content (AvgIpc) is 2.35. The van der Waals surface area contributed by atoms with Crippen LogP contribution in [0.3, 0.4) is 0 Å². The summed E-state index contributed by atoms with van der Waals surface area (Å²) in [4.78, 5) is 2.61. The summed E-state index contributed by atoms with van der Waals surface area (Å²) in [6, 6.07) is 9.63. The first kappa shape index (κ1) is 13.4. The van der Waals surface area contributed by atoms with E-state index in [1.807, 2.05) is 0 Å². The maximum atomic E-state index is 5.21. The Hall–Kier alpha value is -1.06. The normalized spacial score (nSPS) is 17.6. The maximum Gasteiger partial charge on any atom is 0.118 e. The fraction of sp³-hybridized carbons (Fsp3) is 0.600. The number of hydrogen-bond donors (Lipinski definition) is 1. The van der Waals surface area contributed by atoms with Gasteiger partial charge in [-0.15, -0.1) is 0 Å². The number of benzene rings is 1. The second-order valence-corrected chi connectivity index (χ2v) is 5.00. The van der Waals surface area contributed by atoms with Crippen molar-refractivity contribution in [2.24, 2.45) is 0 Å². The van der Waals surface area contributed by atoms with E-state index in [0.29, 0.717) is 12.1 Å². The van der Waals surface area contributed by atoms with Crippen molar-refractivity contribution in [3.05, 3.63) is 29.8 Å². The van der Waals surface area contributed by atoms with Gasteiger partial charge in [0.15, 0.2) is 0 Å². The Labute approximate surface area is 110 Å². The maximum absolute atomic E-state index is 5.21. The van der Waals surface area contributed by atoms with Gasteiger partial charge in [-0.2, -0.15) is 0 Å². The Morgan fingerprint density at radius 3 is 2.44 bits per heavy atom. The highest BCUT2D eigenvalue weighted by Crippen LogP contribution is 2.25. The summed E-state index contributed by atoms with van der Waals surface area (Å²) < 4.78 is 5.21. The quantitative estimate of drug-likeness (QED) is 0.837. The SMILES string of the molecule is CCCN(C1CNC1)C(C)c1ccc(OC)cc1. The van der Waals surface area contributed by atoms with Crippen LogP contribution in [0.4, 0.5) is 0 Å². The molecule has 1 saturated heterocycles. The zero-order valence-corrected chi connectivity index (χ0v) is 11.6. The van der Waals surface area contributed by atoms with E-state index in [1.54, 1.807) is 7.11 Å². The van der Waals surface area contributed by atoms with Gasteiger partial charge in [0, 0.05) is 25.2 Å². The fourth-order valence-corrected chi connectivity index (χ4v) is 2.53. The summed E-state index contributed by atoms with van der Waals surface area (Å²) in [6.45, 7) is 7.97. The Morgan fingerprint density at radius 1 is 1.33 bits per heavy atom. The first-order chi connectivity index (χ1) is 8.76. The van der Waals surface area contributed by atoms with Gasteiger partial charge in [-0.05, 0) is 37.6 Å². The van der Waals surface area contributed by atoms with Crippen LogP contribution in [-0.4, -0.2) is 37.7 Å². The minimum atomic E-state index is 0.475. The van der Waals surface area contributed by atoms with Gasteiger partial charge >= 0.3 is 0 Å². The zero-order chi connectivity index (χ0) is 13.0. The van der Waals surface area contributed by atoms with Gasteiger partial charge in [-0.1, -0.05) is 19.1 Å². The molecule has 1 aromatic carbocycles. The number of rotatable bonds is 6. The number of nitrogens with zero attached hydrogens (tertiary/aromatic N) is 1. The lowest BCUT2D eigenvalue weighted by Gasteiger charge is -2.42. The number of ether oxygens (including phenoxy) is 1. The van der Waals surface area contributed by atoms with Crippen molar-refractivity contribution in [2.75, 3.05) is 26.7 Å². The molecular formula is C15H24N2O. The molecule has 0 spiro atoms. The van der Waals surface area contributed by atoms with Crippen molar-refractivity contribution in [1.82, 2.24) is 10.2 Å². The van der Waals surface area contributed by atoms with E-state index < -0.39 is 0 Å². The standard InChI is InChI=1S/C15H24N2O/c1-4-9-17(14-10-16-11-14)12(2)13-5-7-15(18-3)8-6-13/h5-8,12,14,16H,4,9-11H2,1-3H3. The predicted molar refractivity (Wildman–Crippen MR) is 75.1 cm³/mol. The Bertz CT molecular complexity index is 359. The topological polar surface area (TPSA) is 24.5 Å². The highest BCUT2D eigenvalue weighted by molar-refractivity contribution is 5.29. The minimum absolute atomic E-state index is 0.475. The molecule has 0 aliphatic carbocycles. The van der Waals surface area contributed by atoms with Gasteiger partial charge in [0.2, 0.25) is 0 Å². The lowest BCUT2D eigenvalue weighted by Crippen LogP contribution is -2.57. The van der Waals surface area contributed by atoms with Crippen molar-refractivity contribution >= 4 is 0 Å². The molecule has 0 saturated carbocycles. The number of hydrogen-bond acceptors (Lipinski definition) is 3. The predicted octanol–water partition coefficient (Wildman–Crippen LogP) is 2.44. The van der Waals surface area contributed by atoms with Crippen LogP contribution in [-0.2, 0) is 0 Å². The van der Waals surface area contributed by atoms with Crippen LogP contribution in [0, 0.1) is 0 Å². The molecule has 1 fully saturated rings. The van der Waals surface area contributed by atoms with Crippen molar-refractivity contribution in [1.29, 1.82) is 0 Å². The van der Waals surface area contributed by atoms with Crippen LogP contribution in [0.1, 0.15) is 31.9 Å². The van der Waals surface area contributed by atoms with Crippen molar-refractivity contribution in [2.45, 2.75) is 32.4 Å². The molecule has 2 rings (SSSR count). The summed E-state index contributed by atoms with van der Waals surface area (Å²) in [5.74, 6) is 0.929. The lowest BCUT2D eigenvalue weighted by molar-refractivity contribution is 0.103. The molecule has 1 heterocycles. The van der Waals surface area contributed by atoms with Crippen LogP contribution in [0.2, 0.25) is 0 Å². The van der Waals surface area contributed by atoms with Crippen molar-refractivity contribution < 1.29 is 4.74 Å². The van der Waals surface area contributed by atoms with Crippen LogP contribution in [0.25, 0.3) is 0 Å². The molecule has 3 nitrogen and oxygen atoms in total. The van der Waals surface area contributed by atoms with E-state index in [2.05, 4.69) is 48.3 Å². The molecule has 1 aliphatic rings. The average molecular weight is 248 g/mol. The van der Waals surface area contributed by atoms with Gasteiger partial charge < -0.3 is 10.1 Å². The van der Waals surface area contributed by atoms with E-state index in [-0.39, 0.29) is 0 Å². The van der Waals surface area contributed by atoms with Gasteiger partial charge in [0.25, 0.3) is 0 Å². The molecule has 0 aromatic heterocycles. The van der Waals surface area contributed by atoms with Crippen molar-refractivity contribution in [3.63, 3.8) is 0 Å². The molecule has 3 heteroatoms. The van der Waals surface area contributed by atoms with Crippen LogP contribution < -0.4 is 10.1 Å². The molecular weight excluding hydrogens is 224 g/mol. The van der Waals surface area contributed by atoms with Gasteiger partial charge in [0.1, 0.15) is 5.75 Å². The molecule has 1 atom stereocenters. The van der Waals surface area contributed by atoms with Crippen LogP contribution in [0.15, 0.2) is 24.3 Å². The summed E-state index contributed by atoms with van der Waals surface area (Å²) in [7, 11) is 1.71. The third-order valence-corrected chi connectivity index (χ3v) is 3.81. The zero-order valence-electron chi connectivity index (χ0n) is 11.6. The first-order valence-corrected chi connectivity index (χ1v) is 6.86. The molecule has 1 aliphatic heterocycles. The second-order valence-electron chi connectivity index (χ2n) is 5.00. The minimum Gasteiger partial charge on any atom is -0.497 e. The van der Waals surface area contributed by atoms with E-state index in [9.17, 15) is 0 Å². The third kappa shape index (κ3) is 2.85. The summed E-state index contributed by atoms with van der Waals surface area (Å²) in [6.07, 6.45) is 1.21. The number of nitrogens with one attached hydrogen (secondary N) is 1. The molecule has 18 heavy (non-hydrogen) atoms. The molecule has 0 radical (unpaired) electrons. The Morgan fingerprint density at radius 2 is 2.00 bits per heavy atom. The molecule has 1 N–H and O–H groups in total. The smallest absolute Gasteiger partial charge is 0.118 e. The molecule has 100 valence electrons. The second kappa shape index (κ2) is 6.21. The summed E-state index contributed by atoms with van der Waals surface area (Å²) in [5.41, 5.74) is 1.37. The highest BCUT2D eigenvalue weighted by atomic mass is 16.5. The number of methoxy groups -OCH3 is 1. The van der Waals surface area contributed by atoms with E-state index in [1.165, 1.54) is 18.5 Å². The highest BCUT2D eigenvalue weighted by Gasteiger charge is 2.28. The molecule has 0 amide bonds. The Balaban J connectivity index is 2.07. The van der Waals surface area contributed by atoms with Gasteiger partial charge in [0.05, 0.1) is 7.11 Å².